The van der Waals surface area contributed by atoms with E-state index < -0.39 is 5.97 Å². The largest absolute Gasteiger partial charge is 0.478 e. The number of hydrogen-bond donors (Lipinski definition) is 2. The molecular formula is C16H22N2O3. The molecule has 0 saturated heterocycles. The molecule has 1 aromatic rings. The number of rotatable bonds is 7. The summed E-state index contributed by atoms with van der Waals surface area (Å²) in [5.74, 6) is -0.749. The smallest absolute Gasteiger partial charge is 0.328 e. The van der Waals surface area contributed by atoms with Crippen LogP contribution < -0.4 is 5.32 Å². The van der Waals surface area contributed by atoms with Gasteiger partial charge in [-0.3, -0.25) is 9.78 Å². The van der Waals surface area contributed by atoms with Crippen LogP contribution in [0.25, 0.3) is 6.08 Å². The van der Waals surface area contributed by atoms with E-state index in [1.807, 2.05) is 6.92 Å². The number of nitrogens with zero attached hydrogens (tertiary/aromatic N) is 1. The van der Waals surface area contributed by atoms with Gasteiger partial charge in [-0.05, 0) is 37.8 Å². The standard InChI is InChI=1S/C16H22N2O3/c1-11(2)6-7-12(3)18-16(21)15-13(5-4-10-17-15)8-9-14(19)20/h4-5,8-12H,6-7H2,1-3H3,(H,18,21)(H,19,20)/b9-8+. The Morgan fingerprint density at radius 1 is 1.33 bits per heavy atom. The van der Waals surface area contributed by atoms with Crippen LogP contribution in [0, 0.1) is 5.92 Å². The van der Waals surface area contributed by atoms with E-state index in [1.165, 1.54) is 12.3 Å². The topological polar surface area (TPSA) is 79.3 Å². The van der Waals surface area contributed by atoms with Crippen LogP contribution in [-0.4, -0.2) is 28.0 Å². The first kappa shape index (κ1) is 16.9. The van der Waals surface area contributed by atoms with Crippen molar-refractivity contribution in [3.8, 4) is 0 Å². The lowest BCUT2D eigenvalue weighted by Crippen LogP contribution is -2.33. The molecular weight excluding hydrogens is 268 g/mol. The van der Waals surface area contributed by atoms with Crippen molar-refractivity contribution >= 4 is 18.0 Å². The molecule has 1 heterocycles. The summed E-state index contributed by atoms with van der Waals surface area (Å²) in [5.41, 5.74) is 0.736. The third kappa shape index (κ3) is 6.21. The van der Waals surface area contributed by atoms with E-state index in [9.17, 15) is 9.59 Å². The average molecular weight is 290 g/mol. The number of aliphatic carboxylic acids is 1. The zero-order valence-electron chi connectivity index (χ0n) is 12.7. The number of aromatic nitrogens is 1. The fourth-order valence-electron chi connectivity index (χ4n) is 1.85. The van der Waals surface area contributed by atoms with Gasteiger partial charge in [0.1, 0.15) is 5.69 Å². The second kappa shape index (κ2) is 8.19. The molecule has 5 nitrogen and oxygen atoms in total. The molecule has 1 unspecified atom stereocenters. The molecule has 2 N–H and O–H groups in total. The fourth-order valence-corrected chi connectivity index (χ4v) is 1.85. The lowest BCUT2D eigenvalue weighted by Gasteiger charge is -2.15. The summed E-state index contributed by atoms with van der Waals surface area (Å²) < 4.78 is 0. The average Bonchev–Trinajstić information content (AvgIpc) is 2.43. The van der Waals surface area contributed by atoms with Crippen molar-refractivity contribution in [3.63, 3.8) is 0 Å². The molecule has 0 aliphatic carbocycles. The normalized spacial score (nSPS) is 12.6. The van der Waals surface area contributed by atoms with Crippen molar-refractivity contribution in [2.24, 2.45) is 5.92 Å². The van der Waals surface area contributed by atoms with Gasteiger partial charge in [-0.25, -0.2) is 4.79 Å². The maximum absolute atomic E-state index is 12.2. The Labute approximate surface area is 125 Å². The molecule has 0 aliphatic heterocycles. The molecule has 114 valence electrons. The first-order valence-electron chi connectivity index (χ1n) is 7.07. The second-order valence-electron chi connectivity index (χ2n) is 5.46. The van der Waals surface area contributed by atoms with Gasteiger partial charge in [0.05, 0.1) is 0 Å². The summed E-state index contributed by atoms with van der Waals surface area (Å²) in [7, 11) is 0. The minimum Gasteiger partial charge on any atom is -0.478 e. The zero-order chi connectivity index (χ0) is 15.8. The van der Waals surface area contributed by atoms with Gasteiger partial charge in [0.2, 0.25) is 0 Å². The number of carbonyl (C=O) groups is 2. The molecule has 1 aromatic heterocycles. The van der Waals surface area contributed by atoms with Gasteiger partial charge in [-0.15, -0.1) is 0 Å². The number of nitrogens with one attached hydrogen (secondary N) is 1. The van der Waals surface area contributed by atoms with Gasteiger partial charge in [-0.1, -0.05) is 19.9 Å². The van der Waals surface area contributed by atoms with Gasteiger partial charge in [0, 0.05) is 23.9 Å². The minimum absolute atomic E-state index is 0.0539. The van der Waals surface area contributed by atoms with Crippen molar-refractivity contribution in [3.05, 3.63) is 35.7 Å². The second-order valence-corrected chi connectivity index (χ2v) is 5.46. The van der Waals surface area contributed by atoms with Crippen LogP contribution in [0.2, 0.25) is 0 Å². The minimum atomic E-state index is -1.06. The van der Waals surface area contributed by atoms with Crippen LogP contribution in [0.15, 0.2) is 24.4 Å². The Morgan fingerprint density at radius 3 is 2.67 bits per heavy atom. The summed E-state index contributed by atoms with van der Waals surface area (Å²) in [6.45, 7) is 6.24. The summed E-state index contributed by atoms with van der Waals surface area (Å²) in [5, 5.41) is 11.6. The van der Waals surface area contributed by atoms with E-state index >= 15 is 0 Å². The van der Waals surface area contributed by atoms with E-state index in [2.05, 4.69) is 24.1 Å². The molecule has 0 aromatic carbocycles. The van der Waals surface area contributed by atoms with Gasteiger partial charge < -0.3 is 10.4 Å². The highest BCUT2D eigenvalue weighted by Crippen LogP contribution is 2.10. The Hall–Kier alpha value is -2.17. The molecule has 1 amide bonds. The molecule has 1 rings (SSSR count). The number of hydrogen-bond acceptors (Lipinski definition) is 3. The number of pyridine rings is 1. The summed E-state index contributed by atoms with van der Waals surface area (Å²) in [4.78, 5) is 26.8. The predicted molar refractivity (Wildman–Crippen MR) is 81.9 cm³/mol. The Morgan fingerprint density at radius 2 is 2.05 bits per heavy atom. The third-order valence-electron chi connectivity index (χ3n) is 3.01. The first-order valence-corrected chi connectivity index (χ1v) is 7.07. The molecule has 5 heteroatoms. The number of carboxylic acid groups (broad SMARTS) is 1. The van der Waals surface area contributed by atoms with Crippen molar-refractivity contribution in [1.82, 2.24) is 10.3 Å². The Kier molecular flexibility index (Phi) is 6.59. The molecule has 21 heavy (non-hydrogen) atoms. The van der Waals surface area contributed by atoms with Crippen LogP contribution in [0.5, 0.6) is 0 Å². The van der Waals surface area contributed by atoms with Crippen LogP contribution in [0.1, 0.15) is 49.7 Å². The van der Waals surface area contributed by atoms with Crippen LogP contribution in [0.3, 0.4) is 0 Å². The van der Waals surface area contributed by atoms with Gasteiger partial charge in [-0.2, -0.15) is 0 Å². The molecule has 0 spiro atoms. The molecule has 0 saturated carbocycles. The van der Waals surface area contributed by atoms with Gasteiger partial charge in [0.25, 0.3) is 5.91 Å². The van der Waals surface area contributed by atoms with E-state index in [0.717, 1.165) is 18.9 Å². The van der Waals surface area contributed by atoms with Crippen LogP contribution >= 0.6 is 0 Å². The first-order chi connectivity index (χ1) is 9.90. The fraction of sp³-hybridized carbons (Fsp3) is 0.438. The SMILES string of the molecule is CC(C)CCC(C)NC(=O)c1ncccc1/C=C/C(=O)O. The van der Waals surface area contributed by atoms with E-state index in [0.29, 0.717) is 11.5 Å². The van der Waals surface area contributed by atoms with Crippen molar-refractivity contribution in [1.29, 1.82) is 0 Å². The van der Waals surface area contributed by atoms with E-state index in [1.54, 1.807) is 12.1 Å². The van der Waals surface area contributed by atoms with E-state index in [-0.39, 0.29) is 17.6 Å². The predicted octanol–water partition coefficient (Wildman–Crippen LogP) is 2.73. The molecule has 0 bridgehead atoms. The molecule has 1 atom stereocenters. The Bertz CT molecular complexity index is 524. The summed E-state index contributed by atoms with van der Waals surface area (Å²) >= 11 is 0. The zero-order valence-corrected chi connectivity index (χ0v) is 12.7. The summed E-state index contributed by atoms with van der Waals surface area (Å²) in [6, 6.07) is 3.39. The van der Waals surface area contributed by atoms with E-state index in [4.69, 9.17) is 5.11 Å². The number of carbonyl (C=O) groups excluding carboxylic acids is 1. The lowest BCUT2D eigenvalue weighted by atomic mass is 10.0. The highest BCUT2D eigenvalue weighted by atomic mass is 16.4. The van der Waals surface area contributed by atoms with Crippen LogP contribution in [0.4, 0.5) is 0 Å². The number of carboxylic acids is 1. The Balaban J connectivity index is 2.76. The van der Waals surface area contributed by atoms with Crippen molar-refractivity contribution < 1.29 is 14.7 Å². The van der Waals surface area contributed by atoms with Gasteiger partial charge in [0.15, 0.2) is 0 Å². The van der Waals surface area contributed by atoms with Crippen LogP contribution in [-0.2, 0) is 4.79 Å². The van der Waals surface area contributed by atoms with Crippen molar-refractivity contribution in [2.45, 2.75) is 39.7 Å². The number of amides is 1. The molecule has 0 radical (unpaired) electrons. The highest BCUT2D eigenvalue weighted by Gasteiger charge is 2.14. The van der Waals surface area contributed by atoms with Gasteiger partial charge >= 0.3 is 5.97 Å². The maximum atomic E-state index is 12.2. The third-order valence-corrected chi connectivity index (χ3v) is 3.01. The quantitative estimate of drug-likeness (QED) is 0.757. The molecule has 0 aliphatic rings. The lowest BCUT2D eigenvalue weighted by molar-refractivity contribution is -0.131. The molecule has 0 fully saturated rings. The monoisotopic (exact) mass is 290 g/mol. The summed E-state index contributed by atoms with van der Waals surface area (Å²) in [6.07, 6.45) is 5.83. The maximum Gasteiger partial charge on any atom is 0.328 e. The van der Waals surface area contributed by atoms with Crippen molar-refractivity contribution in [2.75, 3.05) is 0 Å². The highest BCUT2D eigenvalue weighted by molar-refractivity contribution is 5.97.